The van der Waals surface area contributed by atoms with Crippen LogP contribution in [0.4, 0.5) is 11.4 Å². The minimum atomic E-state index is -3.34. The van der Waals surface area contributed by atoms with Gasteiger partial charge in [-0.2, -0.15) is 5.21 Å². The summed E-state index contributed by atoms with van der Waals surface area (Å²) in [5.41, 5.74) is 6.50. The van der Waals surface area contributed by atoms with E-state index in [0.29, 0.717) is 18.1 Å². The van der Waals surface area contributed by atoms with Gasteiger partial charge in [0.15, 0.2) is 15.7 Å². The van der Waals surface area contributed by atoms with Gasteiger partial charge in [0.2, 0.25) is 0 Å². The topological polar surface area (TPSA) is 127 Å². The first-order valence-corrected chi connectivity index (χ1v) is 6.92. The highest BCUT2D eigenvalue weighted by Gasteiger charge is 2.14. The van der Waals surface area contributed by atoms with Gasteiger partial charge in [-0.3, -0.25) is 0 Å². The number of sulfone groups is 1. The molecule has 2 aromatic rings. The van der Waals surface area contributed by atoms with Crippen molar-refractivity contribution < 1.29 is 8.42 Å². The van der Waals surface area contributed by atoms with Crippen molar-refractivity contribution in [1.82, 2.24) is 20.6 Å². The number of rotatable bonds is 4. The molecule has 0 aliphatic heterocycles. The third-order valence-corrected chi connectivity index (χ3v) is 3.45. The Kier molecular flexibility index (Phi) is 3.15. The van der Waals surface area contributed by atoms with Crippen LogP contribution in [0.3, 0.4) is 0 Å². The number of hydrogen-bond acceptors (Lipinski definition) is 7. The number of hydrogen-bond donors (Lipinski definition) is 3. The van der Waals surface area contributed by atoms with Crippen molar-refractivity contribution in [3.8, 4) is 0 Å². The Hall–Kier alpha value is -2.16. The lowest BCUT2D eigenvalue weighted by atomic mass is 10.2. The zero-order valence-electron chi connectivity index (χ0n) is 9.58. The van der Waals surface area contributed by atoms with E-state index >= 15 is 0 Å². The Labute approximate surface area is 104 Å². The largest absolute Gasteiger partial charge is 0.396 e. The Balaban J connectivity index is 2.24. The number of nitrogens with one attached hydrogen (secondary N) is 2. The maximum Gasteiger partial charge on any atom is 0.193 e. The number of H-pyrrole nitrogens is 1. The molecule has 8 nitrogen and oxygen atoms in total. The molecule has 9 heteroatoms. The summed E-state index contributed by atoms with van der Waals surface area (Å²) in [5, 5.41) is 16.2. The lowest BCUT2D eigenvalue weighted by Gasteiger charge is -2.10. The summed E-state index contributed by atoms with van der Waals surface area (Å²) >= 11 is 0. The van der Waals surface area contributed by atoms with Crippen molar-refractivity contribution >= 4 is 21.2 Å². The summed E-state index contributed by atoms with van der Waals surface area (Å²) < 4.78 is 23.0. The first kappa shape index (κ1) is 12.3. The van der Waals surface area contributed by atoms with E-state index in [0.717, 1.165) is 6.26 Å². The molecule has 2 rings (SSSR count). The van der Waals surface area contributed by atoms with Crippen molar-refractivity contribution in [2.24, 2.45) is 0 Å². The summed E-state index contributed by atoms with van der Waals surface area (Å²) in [6.45, 7) is 0.300. The van der Waals surface area contributed by atoms with Crippen LogP contribution in [0.2, 0.25) is 0 Å². The number of nitrogens with zero attached hydrogens (tertiary/aromatic N) is 3. The van der Waals surface area contributed by atoms with Gasteiger partial charge in [0, 0.05) is 6.26 Å². The molecule has 0 bridgehead atoms. The number of benzene rings is 1. The molecule has 0 saturated carbocycles. The van der Waals surface area contributed by atoms with Crippen molar-refractivity contribution in [3.63, 3.8) is 0 Å². The van der Waals surface area contributed by atoms with Gasteiger partial charge in [-0.1, -0.05) is 11.3 Å². The van der Waals surface area contributed by atoms with Gasteiger partial charge in [0.1, 0.15) is 0 Å². The fraction of sp³-hybridized carbons (Fsp3) is 0.222. The molecule has 0 aliphatic carbocycles. The van der Waals surface area contributed by atoms with E-state index in [1.165, 1.54) is 6.07 Å². The lowest BCUT2D eigenvalue weighted by Crippen LogP contribution is -2.08. The van der Waals surface area contributed by atoms with Gasteiger partial charge < -0.3 is 11.1 Å². The smallest absolute Gasteiger partial charge is 0.193 e. The van der Waals surface area contributed by atoms with Crippen LogP contribution in [-0.4, -0.2) is 35.3 Å². The van der Waals surface area contributed by atoms with Crippen molar-refractivity contribution in [2.45, 2.75) is 11.4 Å². The van der Waals surface area contributed by atoms with E-state index in [1.54, 1.807) is 12.1 Å². The van der Waals surface area contributed by atoms with Crippen molar-refractivity contribution in [2.75, 3.05) is 17.3 Å². The number of nitrogen functional groups attached to an aromatic ring is 1. The van der Waals surface area contributed by atoms with Crippen LogP contribution in [0.1, 0.15) is 5.82 Å². The highest BCUT2D eigenvalue weighted by molar-refractivity contribution is 7.90. The molecule has 0 amide bonds. The Morgan fingerprint density at radius 2 is 2.22 bits per heavy atom. The maximum atomic E-state index is 11.5. The molecule has 4 N–H and O–H groups in total. The Morgan fingerprint density at radius 3 is 2.83 bits per heavy atom. The molecule has 0 fully saturated rings. The van der Waals surface area contributed by atoms with Crippen LogP contribution in [-0.2, 0) is 16.4 Å². The quantitative estimate of drug-likeness (QED) is 0.655. The number of aromatic amines is 1. The first-order chi connectivity index (χ1) is 8.48. The lowest BCUT2D eigenvalue weighted by molar-refractivity contribution is 0.602. The van der Waals surface area contributed by atoms with Crippen LogP contribution in [0, 0.1) is 0 Å². The summed E-state index contributed by atoms with van der Waals surface area (Å²) in [5.74, 6) is 0.458. The van der Waals surface area contributed by atoms with E-state index in [1.807, 2.05) is 0 Å². The molecule has 0 unspecified atom stereocenters. The highest BCUT2D eigenvalue weighted by Crippen LogP contribution is 2.26. The summed E-state index contributed by atoms with van der Waals surface area (Å²) in [6.07, 6.45) is 1.11. The van der Waals surface area contributed by atoms with E-state index in [4.69, 9.17) is 5.73 Å². The molecular weight excluding hydrogens is 256 g/mol. The summed E-state index contributed by atoms with van der Waals surface area (Å²) in [4.78, 5) is 0.0978. The predicted octanol–water partition coefficient (Wildman–Crippen LogP) is -0.203. The molecule has 0 spiro atoms. The fourth-order valence-electron chi connectivity index (χ4n) is 1.45. The van der Waals surface area contributed by atoms with Crippen LogP contribution in [0.25, 0.3) is 0 Å². The number of tetrazole rings is 1. The van der Waals surface area contributed by atoms with Gasteiger partial charge in [0.05, 0.1) is 22.8 Å². The predicted molar refractivity (Wildman–Crippen MR) is 65.5 cm³/mol. The second kappa shape index (κ2) is 4.61. The van der Waals surface area contributed by atoms with Gasteiger partial charge in [-0.05, 0) is 12.1 Å². The number of nitrogens with two attached hydrogens (primary N) is 1. The fourth-order valence-corrected chi connectivity index (χ4v) is 2.29. The Bertz CT molecular complexity index is 637. The molecule has 0 atom stereocenters. The highest BCUT2D eigenvalue weighted by atomic mass is 32.2. The van der Waals surface area contributed by atoms with E-state index < -0.39 is 9.84 Å². The molecule has 1 heterocycles. The first-order valence-electron chi connectivity index (χ1n) is 5.03. The number of aromatic nitrogens is 4. The Morgan fingerprint density at radius 1 is 1.44 bits per heavy atom. The molecule has 18 heavy (non-hydrogen) atoms. The molecule has 96 valence electrons. The monoisotopic (exact) mass is 268 g/mol. The zero-order chi connectivity index (χ0) is 13.2. The minimum Gasteiger partial charge on any atom is -0.396 e. The molecule has 0 aliphatic rings. The summed E-state index contributed by atoms with van der Waals surface area (Å²) in [6, 6.07) is 4.76. The second-order valence-corrected chi connectivity index (χ2v) is 5.66. The molecule has 0 radical (unpaired) electrons. The number of anilines is 2. The average Bonchev–Trinajstić information content (AvgIpc) is 2.79. The maximum absolute atomic E-state index is 11.5. The van der Waals surface area contributed by atoms with E-state index in [-0.39, 0.29) is 10.6 Å². The van der Waals surface area contributed by atoms with Crippen molar-refractivity contribution in [3.05, 3.63) is 24.0 Å². The SMILES string of the molecule is CS(=O)(=O)c1cccc(NCc2nn[nH]n2)c1N. The normalized spacial score (nSPS) is 11.4. The second-order valence-electron chi connectivity index (χ2n) is 3.67. The van der Waals surface area contributed by atoms with Crippen LogP contribution < -0.4 is 11.1 Å². The third kappa shape index (κ3) is 2.56. The van der Waals surface area contributed by atoms with E-state index in [9.17, 15) is 8.42 Å². The van der Waals surface area contributed by atoms with Crippen LogP contribution in [0.15, 0.2) is 23.1 Å². The van der Waals surface area contributed by atoms with Crippen LogP contribution in [0.5, 0.6) is 0 Å². The number of para-hydroxylation sites is 1. The molecule has 1 aromatic carbocycles. The standard InChI is InChI=1S/C9H12N6O2S/c1-18(16,17)7-4-2-3-6(9(7)10)11-5-8-12-14-15-13-8/h2-4,11H,5,10H2,1H3,(H,12,13,14,15). The minimum absolute atomic E-state index is 0.0978. The average molecular weight is 268 g/mol. The molecular formula is C9H12N6O2S. The van der Waals surface area contributed by atoms with Crippen LogP contribution >= 0.6 is 0 Å². The van der Waals surface area contributed by atoms with Crippen molar-refractivity contribution in [1.29, 1.82) is 0 Å². The van der Waals surface area contributed by atoms with Gasteiger partial charge in [-0.15, -0.1) is 10.2 Å². The van der Waals surface area contributed by atoms with Gasteiger partial charge in [0.25, 0.3) is 0 Å². The molecule has 1 aromatic heterocycles. The molecule has 0 saturated heterocycles. The third-order valence-electron chi connectivity index (χ3n) is 2.29. The van der Waals surface area contributed by atoms with E-state index in [2.05, 4.69) is 25.9 Å². The summed E-state index contributed by atoms with van der Waals surface area (Å²) in [7, 11) is -3.34. The zero-order valence-corrected chi connectivity index (χ0v) is 10.4. The van der Waals surface area contributed by atoms with Gasteiger partial charge >= 0.3 is 0 Å². The van der Waals surface area contributed by atoms with Gasteiger partial charge in [-0.25, -0.2) is 8.42 Å².